The summed E-state index contributed by atoms with van der Waals surface area (Å²) < 4.78 is 7.86. The van der Waals surface area contributed by atoms with Gasteiger partial charge in [-0.15, -0.1) is 0 Å². The highest BCUT2D eigenvalue weighted by Gasteiger charge is 2.09. The van der Waals surface area contributed by atoms with E-state index in [1.165, 1.54) is 5.56 Å². The molecular formula is C19H23N3O. The third kappa shape index (κ3) is 4.11. The maximum absolute atomic E-state index is 5.65. The van der Waals surface area contributed by atoms with E-state index in [4.69, 9.17) is 4.42 Å². The van der Waals surface area contributed by atoms with Crippen molar-refractivity contribution in [2.45, 2.75) is 32.9 Å². The van der Waals surface area contributed by atoms with Crippen LogP contribution in [0, 0.1) is 6.92 Å². The highest BCUT2D eigenvalue weighted by Crippen LogP contribution is 2.15. The fourth-order valence-corrected chi connectivity index (χ4v) is 2.68. The summed E-state index contributed by atoms with van der Waals surface area (Å²) in [5.41, 5.74) is 1.29. The maximum atomic E-state index is 5.65. The fraction of sp³-hybridized carbons (Fsp3) is 0.316. The topological polar surface area (TPSA) is 43.0 Å². The Morgan fingerprint density at radius 1 is 1.17 bits per heavy atom. The van der Waals surface area contributed by atoms with E-state index in [1.54, 1.807) is 0 Å². The van der Waals surface area contributed by atoms with E-state index in [2.05, 4.69) is 46.1 Å². The van der Waals surface area contributed by atoms with Gasteiger partial charge in [0.2, 0.25) is 0 Å². The molecule has 3 aromatic rings. The lowest BCUT2D eigenvalue weighted by molar-refractivity contribution is 0.416. The van der Waals surface area contributed by atoms with Crippen LogP contribution in [0.2, 0.25) is 0 Å². The zero-order chi connectivity index (χ0) is 16.1. The largest absolute Gasteiger partial charge is 0.465 e. The lowest BCUT2D eigenvalue weighted by atomic mass is 10.2. The molecule has 2 aromatic heterocycles. The van der Waals surface area contributed by atoms with Crippen LogP contribution in [0.4, 0.5) is 0 Å². The van der Waals surface area contributed by atoms with Crippen LogP contribution in [0.3, 0.4) is 0 Å². The predicted octanol–water partition coefficient (Wildman–Crippen LogP) is 3.73. The minimum Gasteiger partial charge on any atom is -0.465 e. The zero-order valence-corrected chi connectivity index (χ0v) is 13.7. The number of hydrogen-bond acceptors (Lipinski definition) is 3. The summed E-state index contributed by atoms with van der Waals surface area (Å²) in [4.78, 5) is 4.49. The number of aryl methyl sites for hydroxylation is 1. The minimum atomic E-state index is 0.209. The van der Waals surface area contributed by atoms with Crippen LogP contribution in [-0.4, -0.2) is 16.1 Å². The molecule has 0 bridgehead atoms. The zero-order valence-electron chi connectivity index (χ0n) is 13.7. The molecule has 0 radical (unpaired) electrons. The van der Waals surface area contributed by atoms with E-state index in [0.29, 0.717) is 0 Å². The van der Waals surface area contributed by atoms with Gasteiger partial charge in [0, 0.05) is 31.9 Å². The van der Waals surface area contributed by atoms with Crippen LogP contribution >= 0.6 is 0 Å². The number of aromatic nitrogens is 2. The van der Waals surface area contributed by atoms with Gasteiger partial charge in [-0.1, -0.05) is 30.3 Å². The number of nitrogens with one attached hydrogen (secondary N) is 1. The van der Waals surface area contributed by atoms with Crippen LogP contribution < -0.4 is 5.32 Å². The van der Waals surface area contributed by atoms with Crippen molar-refractivity contribution in [3.05, 3.63) is 77.8 Å². The molecule has 3 rings (SSSR count). The second kappa shape index (κ2) is 7.29. The number of furan rings is 1. The molecule has 1 N–H and O–H groups in total. The Hall–Kier alpha value is -2.33. The highest BCUT2D eigenvalue weighted by molar-refractivity contribution is 5.16. The van der Waals surface area contributed by atoms with Crippen molar-refractivity contribution >= 4 is 0 Å². The van der Waals surface area contributed by atoms with Crippen molar-refractivity contribution in [1.82, 2.24) is 14.9 Å². The molecule has 0 amide bonds. The van der Waals surface area contributed by atoms with E-state index in [1.807, 2.05) is 37.5 Å². The monoisotopic (exact) mass is 309 g/mol. The molecule has 0 fully saturated rings. The van der Waals surface area contributed by atoms with Gasteiger partial charge < -0.3 is 14.3 Å². The lowest BCUT2D eigenvalue weighted by Crippen LogP contribution is -2.22. The average molecular weight is 309 g/mol. The van der Waals surface area contributed by atoms with E-state index in [-0.39, 0.29) is 6.04 Å². The Morgan fingerprint density at radius 2 is 2.00 bits per heavy atom. The quantitative estimate of drug-likeness (QED) is 0.723. The Labute approximate surface area is 137 Å². The predicted molar refractivity (Wildman–Crippen MR) is 91.3 cm³/mol. The molecule has 120 valence electrons. The van der Waals surface area contributed by atoms with E-state index < -0.39 is 0 Å². The molecule has 4 nitrogen and oxygen atoms in total. The van der Waals surface area contributed by atoms with Crippen molar-refractivity contribution in [2.75, 3.05) is 6.54 Å². The van der Waals surface area contributed by atoms with Gasteiger partial charge in [0.1, 0.15) is 17.3 Å². The molecular weight excluding hydrogens is 286 g/mol. The summed E-state index contributed by atoms with van der Waals surface area (Å²) >= 11 is 0. The minimum absolute atomic E-state index is 0.209. The van der Waals surface area contributed by atoms with Gasteiger partial charge in [-0.05, 0) is 31.5 Å². The molecule has 0 spiro atoms. The van der Waals surface area contributed by atoms with Gasteiger partial charge in [-0.25, -0.2) is 4.98 Å². The van der Waals surface area contributed by atoms with Gasteiger partial charge in [-0.2, -0.15) is 0 Å². The molecule has 4 heteroatoms. The molecule has 1 aromatic carbocycles. The van der Waals surface area contributed by atoms with E-state index in [0.717, 1.165) is 36.9 Å². The van der Waals surface area contributed by atoms with Crippen LogP contribution in [0.5, 0.6) is 0 Å². The Kier molecular flexibility index (Phi) is 4.93. The second-order valence-corrected chi connectivity index (χ2v) is 5.83. The Morgan fingerprint density at radius 3 is 2.74 bits per heavy atom. The molecule has 2 heterocycles. The number of rotatable bonds is 7. The first-order valence-electron chi connectivity index (χ1n) is 8.06. The highest BCUT2D eigenvalue weighted by atomic mass is 16.3. The average Bonchev–Trinajstić information content (AvgIpc) is 3.18. The van der Waals surface area contributed by atoms with Crippen LogP contribution in [0.25, 0.3) is 0 Å². The standard InChI is InChI=1S/C19H23N3O/c1-15-8-9-18(23-15)16(2)20-11-10-19-21-12-13-22(19)14-17-6-4-3-5-7-17/h3-9,12-13,16,20H,10-11,14H2,1-2H3/t16-/m1/s1. The first kappa shape index (κ1) is 15.6. The van der Waals surface area contributed by atoms with Crippen molar-refractivity contribution in [3.63, 3.8) is 0 Å². The molecule has 23 heavy (non-hydrogen) atoms. The maximum Gasteiger partial charge on any atom is 0.120 e. The van der Waals surface area contributed by atoms with Crippen LogP contribution in [0.1, 0.15) is 35.9 Å². The number of benzene rings is 1. The molecule has 0 aliphatic carbocycles. The van der Waals surface area contributed by atoms with Gasteiger partial charge in [0.25, 0.3) is 0 Å². The summed E-state index contributed by atoms with van der Waals surface area (Å²) in [5, 5.41) is 3.49. The van der Waals surface area contributed by atoms with E-state index >= 15 is 0 Å². The molecule has 0 saturated heterocycles. The van der Waals surface area contributed by atoms with Crippen LogP contribution in [-0.2, 0) is 13.0 Å². The van der Waals surface area contributed by atoms with Crippen molar-refractivity contribution in [2.24, 2.45) is 0 Å². The molecule has 0 aliphatic rings. The first-order valence-corrected chi connectivity index (χ1v) is 8.06. The number of nitrogens with zero attached hydrogens (tertiary/aromatic N) is 2. The molecule has 0 aliphatic heterocycles. The van der Waals surface area contributed by atoms with Gasteiger partial charge in [0.05, 0.1) is 6.04 Å². The summed E-state index contributed by atoms with van der Waals surface area (Å²) in [6.45, 7) is 5.82. The van der Waals surface area contributed by atoms with Gasteiger partial charge in [0.15, 0.2) is 0 Å². The third-order valence-corrected chi connectivity index (χ3v) is 3.98. The van der Waals surface area contributed by atoms with Crippen LogP contribution in [0.15, 0.2) is 59.3 Å². The SMILES string of the molecule is Cc1ccc([C@@H](C)NCCc2nccn2Cc2ccccc2)o1. The number of imidazole rings is 1. The van der Waals surface area contributed by atoms with Crippen molar-refractivity contribution in [1.29, 1.82) is 0 Å². The summed E-state index contributed by atoms with van der Waals surface area (Å²) in [5.74, 6) is 3.03. The van der Waals surface area contributed by atoms with Crippen molar-refractivity contribution in [3.8, 4) is 0 Å². The summed E-state index contributed by atoms with van der Waals surface area (Å²) in [6.07, 6.45) is 4.81. The molecule has 0 unspecified atom stereocenters. The van der Waals surface area contributed by atoms with Crippen molar-refractivity contribution < 1.29 is 4.42 Å². The van der Waals surface area contributed by atoms with Gasteiger partial charge >= 0.3 is 0 Å². The first-order chi connectivity index (χ1) is 11.2. The number of hydrogen-bond donors (Lipinski definition) is 1. The fourth-order valence-electron chi connectivity index (χ4n) is 2.68. The third-order valence-electron chi connectivity index (χ3n) is 3.98. The molecule has 0 saturated carbocycles. The summed E-state index contributed by atoms with van der Waals surface area (Å²) in [6, 6.07) is 14.7. The lowest BCUT2D eigenvalue weighted by Gasteiger charge is -2.12. The second-order valence-electron chi connectivity index (χ2n) is 5.83. The van der Waals surface area contributed by atoms with Gasteiger partial charge in [-0.3, -0.25) is 0 Å². The molecule has 1 atom stereocenters. The Bertz CT molecular complexity index is 730. The summed E-state index contributed by atoms with van der Waals surface area (Å²) in [7, 11) is 0. The normalized spacial score (nSPS) is 12.4. The smallest absolute Gasteiger partial charge is 0.120 e. The van der Waals surface area contributed by atoms with E-state index in [9.17, 15) is 0 Å². The Balaban J connectivity index is 1.54.